The number of carbonyl (C=O) groups excluding carboxylic acids is 1. The van der Waals surface area contributed by atoms with Crippen LogP contribution in [0.5, 0.6) is 0 Å². The Hall–Kier alpha value is -2.97. The Labute approximate surface area is 170 Å². The number of hydrogen-bond acceptors (Lipinski definition) is 3. The third-order valence-corrected chi connectivity index (χ3v) is 5.79. The fourth-order valence-electron chi connectivity index (χ4n) is 4.21. The molecule has 2 saturated heterocycles. The highest BCUT2D eigenvalue weighted by atomic mass is 19.1. The summed E-state index contributed by atoms with van der Waals surface area (Å²) in [5.74, 6) is 6.73. The van der Waals surface area contributed by atoms with Gasteiger partial charge in [-0.1, -0.05) is 17.9 Å². The lowest BCUT2D eigenvalue weighted by Crippen LogP contribution is -2.38. The zero-order valence-electron chi connectivity index (χ0n) is 16.5. The minimum absolute atomic E-state index is 0.287. The van der Waals surface area contributed by atoms with Gasteiger partial charge < -0.3 is 10.2 Å². The number of nitrogens with zero attached hydrogens (tertiary/aromatic N) is 2. The first-order valence-corrected chi connectivity index (χ1v) is 9.93. The van der Waals surface area contributed by atoms with Gasteiger partial charge in [0, 0.05) is 36.7 Å². The van der Waals surface area contributed by atoms with E-state index in [1.165, 1.54) is 12.1 Å². The Morgan fingerprint density at radius 3 is 2.62 bits per heavy atom. The highest BCUT2D eigenvalue weighted by Crippen LogP contribution is 2.40. The third-order valence-electron chi connectivity index (χ3n) is 5.79. The molecule has 1 N–H and O–H groups in total. The van der Waals surface area contributed by atoms with Crippen molar-refractivity contribution in [3.63, 3.8) is 0 Å². The number of carbonyl (C=O) groups is 1. The number of aliphatic imine (C=N–C) groups is 1. The number of likely N-dealkylation sites (tertiary alicyclic amines) is 1. The second kappa shape index (κ2) is 8.18. The van der Waals surface area contributed by atoms with Gasteiger partial charge in [-0.25, -0.2) is 9.38 Å². The maximum Gasteiger partial charge on any atom is 0.152 e. The van der Waals surface area contributed by atoms with Crippen LogP contribution in [0.1, 0.15) is 40.7 Å². The van der Waals surface area contributed by atoms with Gasteiger partial charge in [0.2, 0.25) is 0 Å². The maximum atomic E-state index is 13.3. The van der Waals surface area contributed by atoms with E-state index in [-0.39, 0.29) is 11.2 Å². The number of amidine groups is 1. The number of nitrogens with one attached hydrogen (secondary N) is 1. The highest BCUT2D eigenvalue weighted by Gasteiger charge is 2.40. The number of benzene rings is 2. The average Bonchev–Trinajstić information content (AvgIpc) is 3.01. The molecule has 0 unspecified atom stereocenters. The highest BCUT2D eigenvalue weighted by molar-refractivity contribution is 5.91. The molecule has 5 heteroatoms. The normalized spacial score (nSPS) is 19.2. The summed E-state index contributed by atoms with van der Waals surface area (Å²) in [4.78, 5) is 18.6. The topological polar surface area (TPSA) is 44.7 Å². The first-order valence-electron chi connectivity index (χ1n) is 9.93. The van der Waals surface area contributed by atoms with Gasteiger partial charge in [-0.05, 0) is 67.7 Å². The Bertz CT molecular complexity index is 1010. The van der Waals surface area contributed by atoms with Crippen molar-refractivity contribution in [3.05, 3.63) is 65.0 Å². The molecule has 2 aliphatic heterocycles. The van der Waals surface area contributed by atoms with Crippen LogP contribution in [0.25, 0.3) is 0 Å². The Morgan fingerprint density at radius 1 is 1.14 bits per heavy atom. The standard InChI is InChI=1S/C24H24FN3O/c1-28-17-24(9-11-26-12-10-24)15-23(28)27-22-14-19(7-8-20(22)16-29)6-5-18-3-2-4-21(25)13-18/h2-4,7-8,13-14,16,26H,9-12,15,17H2,1H3. The number of piperidine rings is 1. The van der Waals surface area contributed by atoms with Gasteiger partial charge in [-0.3, -0.25) is 4.79 Å². The summed E-state index contributed by atoms with van der Waals surface area (Å²) in [5.41, 5.74) is 2.83. The molecule has 1 spiro atoms. The molecule has 29 heavy (non-hydrogen) atoms. The Kier molecular flexibility index (Phi) is 5.46. The molecule has 0 amide bonds. The van der Waals surface area contributed by atoms with Gasteiger partial charge in [0.15, 0.2) is 6.29 Å². The fourth-order valence-corrected chi connectivity index (χ4v) is 4.21. The SMILES string of the molecule is CN1CC2(CCNCC2)CC1=Nc1cc(C#Cc2cccc(F)c2)ccc1C=O. The second-order valence-corrected chi connectivity index (χ2v) is 7.96. The summed E-state index contributed by atoms with van der Waals surface area (Å²) in [5, 5.41) is 3.43. The number of hydrogen-bond donors (Lipinski definition) is 1. The van der Waals surface area contributed by atoms with Gasteiger partial charge in [0.05, 0.1) is 5.69 Å². The maximum absolute atomic E-state index is 13.3. The van der Waals surface area contributed by atoms with E-state index in [2.05, 4.69) is 29.1 Å². The number of aldehydes is 1. The minimum atomic E-state index is -0.309. The van der Waals surface area contributed by atoms with Crippen LogP contribution in [0.15, 0.2) is 47.5 Å². The van der Waals surface area contributed by atoms with Crippen molar-refractivity contribution in [1.29, 1.82) is 0 Å². The molecule has 148 valence electrons. The first kappa shape index (κ1) is 19.4. The summed E-state index contributed by atoms with van der Waals surface area (Å²) in [7, 11) is 2.07. The predicted octanol–water partition coefficient (Wildman–Crippen LogP) is 3.77. The number of halogens is 1. The minimum Gasteiger partial charge on any atom is -0.363 e. The fraction of sp³-hybridized carbons (Fsp3) is 0.333. The second-order valence-electron chi connectivity index (χ2n) is 7.96. The molecule has 0 aliphatic carbocycles. The summed E-state index contributed by atoms with van der Waals surface area (Å²) < 4.78 is 13.3. The van der Waals surface area contributed by atoms with Crippen molar-refractivity contribution < 1.29 is 9.18 Å². The van der Waals surface area contributed by atoms with E-state index < -0.39 is 0 Å². The molecule has 0 saturated carbocycles. The first-order chi connectivity index (χ1) is 14.1. The van der Waals surface area contributed by atoms with Crippen molar-refractivity contribution in [3.8, 4) is 11.8 Å². The van der Waals surface area contributed by atoms with E-state index in [1.54, 1.807) is 24.3 Å². The predicted molar refractivity (Wildman–Crippen MR) is 113 cm³/mol. The smallest absolute Gasteiger partial charge is 0.152 e. The lowest BCUT2D eigenvalue weighted by Gasteiger charge is -2.32. The van der Waals surface area contributed by atoms with Gasteiger partial charge in [-0.15, -0.1) is 0 Å². The monoisotopic (exact) mass is 389 g/mol. The average molecular weight is 389 g/mol. The van der Waals surface area contributed by atoms with Crippen LogP contribution in [0.4, 0.5) is 10.1 Å². The van der Waals surface area contributed by atoms with Gasteiger partial charge >= 0.3 is 0 Å². The van der Waals surface area contributed by atoms with Crippen molar-refractivity contribution in [2.45, 2.75) is 19.3 Å². The third kappa shape index (κ3) is 4.38. The van der Waals surface area contributed by atoms with Crippen molar-refractivity contribution >= 4 is 17.8 Å². The van der Waals surface area contributed by atoms with E-state index in [9.17, 15) is 9.18 Å². The Balaban J connectivity index is 1.62. The summed E-state index contributed by atoms with van der Waals surface area (Å²) in [6, 6.07) is 11.6. The van der Waals surface area contributed by atoms with Gasteiger partial charge in [-0.2, -0.15) is 0 Å². The molecular weight excluding hydrogens is 365 g/mol. The van der Waals surface area contributed by atoms with Crippen LogP contribution >= 0.6 is 0 Å². The van der Waals surface area contributed by atoms with E-state index in [1.807, 2.05) is 6.07 Å². The molecule has 2 aliphatic rings. The van der Waals surface area contributed by atoms with E-state index in [0.29, 0.717) is 16.8 Å². The molecule has 0 radical (unpaired) electrons. The van der Waals surface area contributed by atoms with Crippen LogP contribution in [0.3, 0.4) is 0 Å². The molecule has 0 bridgehead atoms. The van der Waals surface area contributed by atoms with Crippen LogP contribution in [0, 0.1) is 23.1 Å². The Morgan fingerprint density at radius 2 is 1.90 bits per heavy atom. The number of rotatable bonds is 2. The van der Waals surface area contributed by atoms with E-state index in [0.717, 1.165) is 56.6 Å². The zero-order chi connectivity index (χ0) is 20.3. The van der Waals surface area contributed by atoms with Crippen molar-refractivity contribution in [2.75, 3.05) is 26.7 Å². The van der Waals surface area contributed by atoms with E-state index >= 15 is 0 Å². The quantitative estimate of drug-likeness (QED) is 0.628. The van der Waals surface area contributed by atoms with Crippen molar-refractivity contribution in [1.82, 2.24) is 10.2 Å². The largest absolute Gasteiger partial charge is 0.363 e. The molecule has 0 aromatic heterocycles. The van der Waals surface area contributed by atoms with Crippen LogP contribution < -0.4 is 5.32 Å². The molecule has 0 atom stereocenters. The molecule has 2 heterocycles. The molecule has 4 rings (SSSR count). The summed E-state index contributed by atoms with van der Waals surface area (Å²) >= 11 is 0. The van der Waals surface area contributed by atoms with Crippen molar-refractivity contribution in [2.24, 2.45) is 10.4 Å². The zero-order valence-corrected chi connectivity index (χ0v) is 16.5. The summed E-state index contributed by atoms with van der Waals surface area (Å²) in [6.45, 7) is 3.10. The lowest BCUT2D eigenvalue weighted by molar-refractivity contribution is 0.112. The van der Waals surface area contributed by atoms with Crippen LogP contribution in [0.2, 0.25) is 0 Å². The molecule has 2 aromatic rings. The molecule has 2 fully saturated rings. The molecule has 4 nitrogen and oxygen atoms in total. The van der Waals surface area contributed by atoms with Gasteiger partial charge in [0.1, 0.15) is 11.7 Å². The van der Waals surface area contributed by atoms with E-state index in [4.69, 9.17) is 4.99 Å². The lowest BCUT2D eigenvalue weighted by atomic mass is 9.78. The van der Waals surface area contributed by atoms with Gasteiger partial charge in [0.25, 0.3) is 0 Å². The molecule has 2 aromatic carbocycles. The van der Waals surface area contributed by atoms with Crippen LogP contribution in [-0.4, -0.2) is 43.7 Å². The molecular formula is C24H24FN3O. The van der Waals surface area contributed by atoms with Crippen LogP contribution in [-0.2, 0) is 0 Å². The summed E-state index contributed by atoms with van der Waals surface area (Å²) in [6.07, 6.45) is 4.06.